The first-order valence-corrected chi connectivity index (χ1v) is 6.93. The van der Waals surface area contributed by atoms with Crippen molar-refractivity contribution in [3.05, 3.63) is 71.3 Å². The highest BCUT2D eigenvalue weighted by Crippen LogP contribution is 2.42. The molecule has 4 rings (SSSR count). The van der Waals surface area contributed by atoms with Gasteiger partial charge in [0.25, 0.3) is 0 Å². The van der Waals surface area contributed by atoms with E-state index >= 15 is 0 Å². The van der Waals surface area contributed by atoms with E-state index in [2.05, 4.69) is 59.5 Å². The average molecular weight is 251 g/mol. The van der Waals surface area contributed by atoms with Gasteiger partial charge in [-0.2, -0.15) is 0 Å². The fourth-order valence-electron chi connectivity index (χ4n) is 3.29. The van der Waals surface area contributed by atoms with Gasteiger partial charge in [0.05, 0.1) is 12.6 Å². The van der Waals surface area contributed by atoms with E-state index in [1.54, 1.807) is 0 Å². The number of nitrogens with zero attached hydrogens (tertiary/aromatic N) is 1. The highest BCUT2D eigenvalue weighted by molar-refractivity contribution is 5.33. The maximum absolute atomic E-state index is 6.08. The Hall–Kier alpha value is -1.64. The molecule has 2 aromatic carbocycles. The second-order valence-electron chi connectivity index (χ2n) is 5.30. The van der Waals surface area contributed by atoms with Gasteiger partial charge in [-0.1, -0.05) is 54.6 Å². The maximum Gasteiger partial charge on any atom is 0.137 e. The molecule has 1 fully saturated rings. The zero-order chi connectivity index (χ0) is 12.7. The Bertz CT molecular complexity index is 581. The fourth-order valence-corrected chi connectivity index (χ4v) is 3.29. The third kappa shape index (κ3) is 1.79. The van der Waals surface area contributed by atoms with Crippen LogP contribution < -0.4 is 0 Å². The lowest BCUT2D eigenvalue weighted by Crippen LogP contribution is -2.33. The van der Waals surface area contributed by atoms with E-state index < -0.39 is 0 Å². The lowest BCUT2D eigenvalue weighted by molar-refractivity contribution is 0.0217. The van der Waals surface area contributed by atoms with Gasteiger partial charge in [0, 0.05) is 6.54 Å². The summed E-state index contributed by atoms with van der Waals surface area (Å²) in [5, 5.41) is 0. The van der Waals surface area contributed by atoms with Crippen molar-refractivity contribution in [3.8, 4) is 0 Å². The van der Waals surface area contributed by atoms with Crippen molar-refractivity contribution in [2.45, 2.75) is 18.7 Å². The molecule has 2 aromatic rings. The molecule has 0 N–H and O–H groups in total. The first-order chi connectivity index (χ1) is 9.43. The Morgan fingerprint density at radius 2 is 1.74 bits per heavy atom. The number of benzene rings is 2. The monoisotopic (exact) mass is 251 g/mol. The van der Waals surface area contributed by atoms with E-state index in [4.69, 9.17) is 4.74 Å². The SMILES string of the molecule is c1ccc([C@@H]2COC3c4ccccc4CCN32)cc1. The molecular formula is C17H17NO. The van der Waals surface area contributed by atoms with Crippen molar-refractivity contribution in [2.24, 2.45) is 0 Å². The van der Waals surface area contributed by atoms with Crippen LogP contribution >= 0.6 is 0 Å². The second kappa shape index (κ2) is 4.48. The van der Waals surface area contributed by atoms with Gasteiger partial charge < -0.3 is 4.74 Å². The highest BCUT2D eigenvalue weighted by Gasteiger charge is 2.39. The standard InChI is InChI=1S/C17H17NO/c1-2-7-14(8-3-1)16-12-19-17-15-9-5-4-6-13(15)10-11-18(16)17/h1-9,16-17H,10-12H2/t16-,17?/m0/s1. The van der Waals surface area contributed by atoms with Crippen molar-refractivity contribution < 1.29 is 4.74 Å². The van der Waals surface area contributed by atoms with Crippen LogP contribution in [0.2, 0.25) is 0 Å². The molecule has 0 radical (unpaired) electrons. The van der Waals surface area contributed by atoms with Crippen LogP contribution in [0.5, 0.6) is 0 Å². The zero-order valence-corrected chi connectivity index (χ0v) is 10.8. The molecule has 96 valence electrons. The summed E-state index contributed by atoms with van der Waals surface area (Å²) in [7, 11) is 0. The van der Waals surface area contributed by atoms with Crippen molar-refractivity contribution in [1.82, 2.24) is 4.90 Å². The summed E-state index contributed by atoms with van der Waals surface area (Å²) in [6.07, 6.45) is 1.27. The molecule has 0 amide bonds. The Labute approximate surface area is 113 Å². The minimum absolute atomic E-state index is 0.148. The van der Waals surface area contributed by atoms with Gasteiger partial charge in [-0.3, -0.25) is 4.90 Å². The maximum atomic E-state index is 6.08. The van der Waals surface area contributed by atoms with Gasteiger partial charge in [0.2, 0.25) is 0 Å². The van der Waals surface area contributed by atoms with E-state index in [-0.39, 0.29) is 6.23 Å². The smallest absolute Gasteiger partial charge is 0.137 e. The Morgan fingerprint density at radius 3 is 2.63 bits per heavy atom. The number of hydrogen-bond donors (Lipinski definition) is 0. The summed E-state index contributed by atoms with van der Waals surface area (Å²) >= 11 is 0. The summed E-state index contributed by atoms with van der Waals surface area (Å²) in [6, 6.07) is 19.8. The van der Waals surface area contributed by atoms with E-state index in [0.29, 0.717) is 6.04 Å². The third-order valence-electron chi connectivity index (χ3n) is 4.26. The van der Waals surface area contributed by atoms with Gasteiger partial charge in [-0.15, -0.1) is 0 Å². The minimum Gasteiger partial charge on any atom is -0.357 e. The lowest BCUT2D eigenvalue weighted by atomic mass is 9.96. The van der Waals surface area contributed by atoms with E-state index in [9.17, 15) is 0 Å². The summed E-state index contributed by atoms with van der Waals surface area (Å²) in [6.45, 7) is 1.88. The molecule has 2 aliphatic heterocycles. The van der Waals surface area contributed by atoms with Crippen LogP contribution in [0.1, 0.15) is 29.0 Å². The molecule has 0 saturated carbocycles. The lowest BCUT2D eigenvalue weighted by Gasteiger charge is -2.33. The number of fused-ring (bicyclic) bond motifs is 3. The van der Waals surface area contributed by atoms with E-state index in [1.165, 1.54) is 16.7 Å². The predicted octanol–water partition coefficient (Wildman–Crippen LogP) is 3.31. The topological polar surface area (TPSA) is 12.5 Å². The van der Waals surface area contributed by atoms with Crippen LogP contribution in [0, 0.1) is 0 Å². The molecule has 2 heteroatoms. The van der Waals surface area contributed by atoms with Gasteiger partial charge in [0.1, 0.15) is 6.23 Å². The van der Waals surface area contributed by atoms with Crippen molar-refractivity contribution in [3.63, 3.8) is 0 Å². The van der Waals surface area contributed by atoms with Crippen LogP contribution in [0.25, 0.3) is 0 Å². The number of hydrogen-bond acceptors (Lipinski definition) is 2. The molecule has 0 aliphatic carbocycles. The molecular weight excluding hydrogens is 234 g/mol. The van der Waals surface area contributed by atoms with E-state index in [0.717, 1.165) is 19.6 Å². The van der Waals surface area contributed by atoms with Gasteiger partial charge in [-0.05, 0) is 23.1 Å². The molecule has 1 unspecified atom stereocenters. The molecule has 2 nitrogen and oxygen atoms in total. The Morgan fingerprint density at radius 1 is 0.947 bits per heavy atom. The van der Waals surface area contributed by atoms with Crippen molar-refractivity contribution in [2.75, 3.05) is 13.2 Å². The highest BCUT2D eigenvalue weighted by atomic mass is 16.5. The Balaban J connectivity index is 1.69. The molecule has 19 heavy (non-hydrogen) atoms. The molecule has 2 aliphatic rings. The zero-order valence-electron chi connectivity index (χ0n) is 10.8. The van der Waals surface area contributed by atoms with Crippen LogP contribution in [0.15, 0.2) is 54.6 Å². The molecule has 0 bridgehead atoms. The summed E-state index contributed by atoms with van der Waals surface area (Å²) in [5.74, 6) is 0. The largest absolute Gasteiger partial charge is 0.357 e. The first-order valence-electron chi connectivity index (χ1n) is 6.93. The molecule has 0 spiro atoms. The van der Waals surface area contributed by atoms with Crippen molar-refractivity contribution >= 4 is 0 Å². The third-order valence-corrected chi connectivity index (χ3v) is 4.26. The first kappa shape index (κ1) is 11.2. The average Bonchev–Trinajstić information content (AvgIpc) is 2.92. The van der Waals surface area contributed by atoms with Crippen molar-refractivity contribution in [1.29, 1.82) is 0 Å². The molecule has 2 heterocycles. The van der Waals surface area contributed by atoms with Gasteiger partial charge in [0.15, 0.2) is 0 Å². The fraction of sp³-hybridized carbons (Fsp3) is 0.294. The Kier molecular flexibility index (Phi) is 2.64. The number of rotatable bonds is 1. The van der Waals surface area contributed by atoms with Crippen LogP contribution in [-0.2, 0) is 11.2 Å². The predicted molar refractivity (Wildman–Crippen MR) is 74.7 cm³/mol. The van der Waals surface area contributed by atoms with Crippen LogP contribution in [0.4, 0.5) is 0 Å². The second-order valence-corrected chi connectivity index (χ2v) is 5.30. The van der Waals surface area contributed by atoms with Gasteiger partial charge in [-0.25, -0.2) is 0 Å². The normalized spacial score (nSPS) is 25.9. The summed E-state index contributed by atoms with van der Waals surface area (Å²) < 4.78 is 6.08. The summed E-state index contributed by atoms with van der Waals surface area (Å²) in [5.41, 5.74) is 4.16. The van der Waals surface area contributed by atoms with Gasteiger partial charge >= 0.3 is 0 Å². The molecule has 1 saturated heterocycles. The van der Waals surface area contributed by atoms with E-state index in [1.807, 2.05) is 0 Å². The molecule has 2 atom stereocenters. The summed E-state index contributed by atoms with van der Waals surface area (Å²) in [4.78, 5) is 2.50. The number of ether oxygens (including phenoxy) is 1. The van der Waals surface area contributed by atoms with Crippen LogP contribution in [0.3, 0.4) is 0 Å². The minimum atomic E-state index is 0.148. The van der Waals surface area contributed by atoms with Crippen LogP contribution in [-0.4, -0.2) is 18.1 Å². The molecule has 0 aromatic heterocycles. The quantitative estimate of drug-likeness (QED) is 0.771.